The Bertz CT molecular complexity index is 1640. The van der Waals surface area contributed by atoms with Crippen molar-refractivity contribution in [3.05, 3.63) is 112 Å². The highest BCUT2D eigenvalue weighted by molar-refractivity contribution is 7.21. The summed E-state index contributed by atoms with van der Waals surface area (Å²) in [5.74, 6) is -0.788. The molecule has 2 aromatic heterocycles. The van der Waals surface area contributed by atoms with E-state index in [1.165, 1.54) is 17.5 Å². The molecule has 0 saturated carbocycles. The molecule has 8 nitrogen and oxygen atoms in total. The van der Waals surface area contributed by atoms with Crippen LogP contribution in [0.3, 0.4) is 0 Å². The van der Waals surface area contributed by atoms with E-state index in [0.29, 0.717) is 35.1 Å². The lowest BCUT2D eigenvalue weighted by Gasteiger charge is -2.13. The summed E-state index contributed by atoms with van der Waals surface area (Å²) in [7, 11) is 0. The number of hydrogen-bond acceptors (Lipinski definition) is 6. The maximum Gasteiger partial charge on any atom is 0.254 e. The van der Waals surface area contributed by atoms with E-state index in [2.05, 4.69) is 21.7 Å². The van der Waals surface area contributed by atoms with E-state index in [4.69, 9.17) is 5.73 Å². The Labute approximate surface area is 216 Å². The van der Waals surface area contributed by atoms with Gasteiger partial charge in [0.05, 0.1) is 0 Å². The number of fused-ring (bicyclic) bond motifs is 1. The molecular weight excluding hydrogens is 486 g/mol. The van der Waals surface area contributed by atoms with Gasteiger partial charge in [0, 0.05) is 25.0 Å². The number of carbonyl (C=O) groups is 2. The van der Waals surface area contributed by atoms with Gasteiger partial charge in [-0.2, -0.15) is 0 Å². The summed E-state index contributed by atoms with van der Waals surface area (Å²) < 4.78 is 1.86. The van der Waals surface area contributed by atoms with Gasteiger partial charge >= 0.3 is 0 Å². The normalized spacial score (nSPS) is 10.8. The first-order chi connectivity index (χ1) is 18.0. The van der Waals surface area contributed by atoms with Gasteiger partial charge in [-0.15, -0.1) is 0 Å². The molecule has 4 N–H and O–H groups in total. The first-order valence-corrected chi connectivity index (χ1v) is 12.4. The van der Waals surface area contributed by atoms with Crippen LogP contribution in [0.2, 0.25) is 0 Å². The Morgan fingerprint density at radius 2 is 1.73 bits per heavy atom. The maximum absolute atomic E-state index is 13.0. The molecule has 3 aromatic carbocycles. The van der Waals surface area contributed by atoms with Gasteiger partial charge in [-0.05, 0) is 34.4 Å². The predicted octanol–water partition coefficient (Wildman–Crippen LogP) is 4.45. The smallest absolute Gasteiger partial charge is 0.254 e. The third-order valence-electron chi connectivity index (χ3n) is 5.95. The van der Waals surface area contributed by atoms with E-state index in [1.54, 1.807) is 12.1 Å². The highest BCUT2D eigenvalue weighted by atomic mass is 32.1. The highest BCUT2D eigenvalue weighted by Gasteiger charge is 2.18. The van der Waals surface area contributed by atoms with Crippen LogP contribution in [-0.2, 0) is 17.9 Å². The lowest BCUT2D eigenvalue weighted by atomic mass is 9.99. The van der Waals surface area contributed by atoms with Gasteiger partial charge in [0.25, 0.3) is 5.91 Å². The number of primary amides is 1. The summed E-state index contributed by atoms with van der Waals surface area (Å²) in [6, 6.07) is 25.4. The van der Waals surface area contributed by atoms with Gasteiger partial charge in [0.15, 0.2) is 5.13 Å². The van der Waals surface area contributed by atoms with Crippen molar-refractivity contribution in [3.63, 3.8) is 0 Å². The van der Waals surface area contributed by atoms with Gasteiger partial charge in [-0.3, -0.25) is 14.4 Å². The van der Waals surface area contributed by atoms with E-state index >= 15 is 0 Å². The zero-order chi connectivity index (χ0) is 25.8. The lowest BCUT2D eigenvalue weighted by molar-refractivity contribution is -0.105. The van der Waals surface area contributed by atoms with Crippen LogP contribution in [0.5, 0.6) is 0 Å². The first kappa shape index (κ1) is 24.0. The number of rotatable bonds is 9. The molecule has 2 amide bonds. The number of nitrogens with one attached hydrogen (secondary N) is 2. The van der Waals surface area contributed by atoms with Crippen molar-refractivity contribution in [2.75, 3.05) is 10.6 Å². The number of pyridine rings is 1. The van der Waals surface area contributed by atoms with Gasteiger partial charge in [0.2, 0.25) is 11.8 Å². The summed E-state index contributed by atoms with van der Waals surface area (Å²) in [6.07, 6.45) is 2.15. The number of aromatic nitrogens is 2. The second-order valence-corrected chi connectivity index (χ2v) is 9.35. The molecule has 5 aromatic rings. The largest absolute Gasteiger partial charge is 0.365 e. The summed E-state index contributed by atoms with van der Waals surface area (Å²) >= 11 is 1.34. The fraction of sp³-hybridized carbons (Fsp3) is 0.0714. The van der Waals surface area contributed by atoms with Crippen molar-refractivity contribution >= 4 is 44.8 Å². The van der Waals surface area contributed by atoms with Gasteiger partial charge in [-0.25, -0.2) is 4.98 Å². The third-order valence-corrected chi connectivity index (χ3v) is 7.00. The molecule has 0 radical (unpaired) electrons. The zero-order valence-electron chi connectivity index (χ0n) is 19.7. The Hall–Kier alpha value is -4.76. The molecule has 0 aliphatic carbocycles. The van der Waals surface area contributed by atoms with E-state index in [0.717, 1.165) is 22.3 Å². The fourth-order valence-electron chi connectivity index (χ4n) is 4.13. The summed E-state index contributed by atoms with van der Waals surface area (Å²) in [4.78, 5) is 40.9. The molecular formula is C28H23N5O3S. The van der Waals surface area contributed by atoms with Crippen LogP contribution in [0.15, 0.2) is 89.9 Å². The molecule has 0 fully saturated rings. The standard InChI is InChI=1S/C28H23N5O3S/c29-26(36)23-16-33(15-20-8-4-5-9-22(20)19-6-2-1-3-7-19)27-24(25(23)35)32-28(37-27)30-14-18-10-12-21(13-11-18)31-17-34/h1-13,16-17H,14-15H2,(H2,29,36)(H,30,32)(H,31,34). The maximum atomic E-state index is 13.0. The van der Waals surface area contributed by atoms with E-state index in [1.807, 2.05) is 65.2 Å². The zero-order valence-corrected chi connectivity index (χ0v) is 20.5. The highest BCUT2D eigenvalue weighted by Crippen LogP contribution is 2.29. The number of anilines is 2. The predicted molar refractivity (Wildman–Crippen MR) is 147 cm³/mol. The SMILES string of the molecule is NC(=O)c1cn(Cc2ccccc2-c2ccccc2)c2sc(NCc3ccc(NC=O)cc3)nc2c1=O. The minimum atomic E-state index is -0.788. The number of nitrogens with two attached hydrogens (primary N) is 1. The second kappa shape index (κ2) is 10.5. The molecule has 0 spiro atoms. The molecule has 0 bridgehead atoms. The van der Waals surface area contributed by atoms with Crippen molar-refractivity contribution in [1.82, 2.24) is 9.55 Å². The Kier molecular flexibility index (Phi) is 6.78. The Morgan fingerprint density at radius 1 is 1.00 bits per heavy atom. The fourth-order valence-corrected chi connectivity index (χ4v) is 5.06. The third kappa shape index (κ3) is 5.12. The number of amides is 2. The summed E-state index contributed by atoms with van der Waals surface area (Å²) in [5.41, 5.74) is 10.0. The number of thiazole rings is 1. The van der Waals surface area contributed by atoms with Crippen molar-refractivity contribution < 1.29 is 9.59 Å². The number of benzene rings is 3. The quantitative estimate of drug-likeness (QED) is 0.254. The minimum Gasteiger partial charge on any atom is -0.365 e. The van der Waals surface area contributed by atoms with Crippen LogP contribution in [0.4, 0.5) is 10.8 Å². The summed E-state index contributed by atoms with van der Waals surface area (Å²) in [6.45, 7) is 0.893. The number of nitrogens with zero attached hydrogens (tertiary/aromatic N) is 2. The number of hydrogen-bond donors (Lipinski definition) is 3. The van der Waals surface area contributed by atoms with Gasteiger partial charge < -0.3 is 20.9 Å². The van der Waals surface area contributed by atoms with Crippen LogP contribution in [0, 0.1) is 0 Å². The minimum absolute atomic E-state index is 0.0974. The topological polar surface area (TPSA) is 119 Å². The first-order valence-electron chi connectivity index (χ1n) is 11.5. The average molecular weight is 510 g/mol. The van der Waals surface area contributed by atoms with E-state index < -0.39 is 11.3 Å². The molecule has 0 aliphatic heterocycles. The number of carbonyl (C=O) groups excluding carboxylic acids is 2. The molecule has 37 heavy (non-hydrogen) atoms. The van der Waals surface area contributed by atoms with Gasteiger partial charge in [-0.1, -0.05) is 78.1 Å². The van der Waals surface area contributed by atoms with Crippen LogP contribution < -0.4 is 21.8 Å². The summed E-state index contributed by atoms with van der Waals surface area (Å²) in [5, 5.41) is 6.41. The molecule has 5 rings (SSSR count). The molecule has 9 heteroatoms. The molecule has 0 atom stereocenters. The molecule has 0 saturated heterocycles. The van der Waals surface area contributed by atoms with Crippen LogP contribution in [-0.4, -0.2) is 21.9 Å². The van der Waals surface area contributed by atoms with Crippen molar-refractivity contribution in [1.29, 1.82) is 0 Å². The Morgan fingerprint density at radius 3 is 2.46 bits per heavy atom. The molecule has 2 heterocycles. The molecule has 0 aliphatic rings. The van der Waals surface area contributed by atoms with Gasteiger partial charge in [0.1, 0.15) is 15.9 Å². The van der Waals surface area contributed by atoms with Crippen molar-refractivity contribution in [2.24, 2.45) is 5.73 Å². The van der Waals surface area contributed by atoms with Crippen LogP contribution >= 0.6 is 11.3 Å². The van der Waals surface area contributed by atoms with E-state index in [9.17, 15) is 14.4 Å². The average Bonchev–Trinajstić information content (AvgIpc) is 3.36. The van der Waals surface area contributed by atoms with Crippen molar-refractivity contribution in [2.45, 2.75) is 13.1 Å². The second-order valence-electron chi connectivity index (χ2n) is 8.37. The molecule has 184 valence electrons. The van der Waals surface area contributed by atoms with E-state index in [-0.39, 0.29) is 11.1 Å². The lowest BCUT2D eigenvalue weighted by Crippen LogP contribution is -2.24. The van der Waals surface area contributed by atoms with Crippen molar-refractivity contribution in [3.8, 4) is 11.1 Å². The Balaban J connectivity index is 1.50. The monoisotopic (exact) mass is 509 g/mol. The van der Waals surface area contributed by atoms with Crippen LogP contribution in [0.25, 0.3) is 21.5 Å². The van der Waals surface area contributed by atoms with Crippen LogP contribution in [0.1, 0.15) is 21.5 Å². The molecule has 0 unspecified atom stereocenters.